The van der Waals surface area contributed by atoms with Gasteiger partial charge in [0.2, 0.25) is 5.75 Å². The van der Waals surface area contributed by atoms with Crippen LogP contribution in [0.5, 0.6) is 11.5 Å². The Morgan fingerprint density at radius 3 is 1.97 bits per heavy atom. The average molecular weight is 424 g/mol. The average Bonchev–Trinajstić information content (AvgIpc) is 3.41. The summed E-state index contributed by atoms with van der Waals surface area (Å²) in [6.45, 7) is 2.05. The minimum atomic E-state index is -0.721. The molecule has 2 atom stereocenters. The lowest BCUT2D eigenvalue weighted by Gasteiger charge is -2.13. The van der Waals surface area contributed by atoms with E-state index in [4.69, 9.17) is 24.7 Å². The van der Waals surface area contributed by atoms with Crippen molar-refractivity contribution in [3.05, 3.63) is 58.1 Å². The van der Waals surface area contributed by atoms with Gasteiger partial charge in [-0.25, -0.2) is 8.78 Å². The summed E-state index contributed by atoms with van der Waals surface area (Å²) in [5.41, 5.74) is 5.57. The van der Waals surface area contributed by atoms with Gasteiger partial charge in [-0.1, -0.05) is 12.1 Å². The van der Waals surface area contributed by atoms with E-state index in [1.807, 2.05) is 0 Å². The van der Waals surface area contributed by atoms with E-state index in [1.165, 1.54) is 18.2 Å². The zero-order chi connectivity index (χ0) is 21.5. The second-order valence-electron chi connectivity index (χ2n) is 6.71. The summed E-state index contributed by atoms with van der Waals surface area (Å²) in [7, 11) is 0. The standard InChI is InChI=1S/C10H10FNO4.C10H12FNO2/c11-8-2-1-3-9(12(13)14)10(8)16-7-4-5-15-6-7;11-8-2-1-3-9(12)10(8)14-7-4-5-13-6-7/h1-3,7H,4-6H2;1-3,7H,4-6,12H2. The fourth-order valence-corrected chi connectivity index (χ4v) is 2.95. The van der Waals surface area contributed by atoms with Gasteiger partial charge in [-0.2, -0.15) is 0 Å². The largest absolute Gasteiger partial charge is 0.483 e. The summed E-state index contributed by atoms with van der Waals surface area (Å²) in [5.74, 6) is -1.30. The Balaban J connectivity index is 0.000000172. The van der Waals surface area contributed by atoms with Crippen LogP contribution in [0.1, 0.15) is 12.8 Å². The second-order valence-corrected chi connectivity index (χ2v) is 6.71. The number of anilines is 1. The van der Waals surface area contributed by atoms with Gasteiger partial charge in [-0.05, 0) is 18.2 Å². The first-order chi connectivity index (χ1) is 14.5. The van der Waals surface area contributed by atoms with Gasteiger partial charge in [0.1, 0.15) is 12.2 Å². The fraction of sp³-hybridized carbons (Fsp3) is 0.400. The predicted molar refractivity (Wildman–Crippen MR) is 104 cm³/mol. The predicted octanol–water partition coefficient (Wildman–Crippen LogP) is 3.48. The van der Waals surface area contributed by atoms with Crippen LogP contribution >= 0.6 is 0 Å². The van der Waals surface area contributed by atoms with Crippen molar-refractivity contribution in [2.75, 3.05) is 32.2 Å². The fourth-order valence-electron chi connectivity index (χ4n) is 2.95. The molecule has 0 aliphatic carbocycles. The molecule has 0 aromatic heterocycles. The van der Waals surface area contributed by atoms with Gasteiger partial charge in [0.15, 0.2) is 17.4 Å². The number of nitro benzene ring substituents is 1. The molecular formula is C20H22F2N2O6. The van der Waals surface area contributed by atoms with Crippen LogP contribution in [0.4, 0.5) is 20.2 Å². The van der Waals surface area contributed by atoms with Gasteiger partial charge < -0.3 is 24.7 Å². The number of ether oxygens (including phenoxy) is 4. The molecule has 30 heavy (non-hydrogen) atoms. The maximum atomic E-state index is 13.4. The van der Waals surface area contributed by atoms with Crippen molar-refractivity contribution in [3.8, 4) is 11.5 Å². The van der Waals surface area contributed by atoms with Crippen molar-refractivity contribution in [1.29, 1.82) is 0 Å². The van der Waals surface area contributed by atoms with Crippen molar-refractivity contribution in [2.24, 2.45) is 0 Å². The van der Waals surface area contributed by atoms with Crippen molar-refractivity contribution in [1.82, 2.24) is 0 Å². The number of rotatable bonds is 5. The number of nitrogen functional groups attached to an aromatic ring is 1. The van der Waals surface area contributed by atoms with Crippen LogP contribution in [-0.4, -0.2) is 43.6 Å². The molecule has 2 unspecified atom stereocenters. The first-order valence-electron chi connectivity index (χ1n) is 9.41. The van der Waals surface area contributed by atoms with E-state index >= 15 is 0 Å². The molecule has 2 aliphatic heterocycles. The van der Waals surface area contributed by atoms with Crippen molar-refractivity contribution in [3.63, 3.8) is 0 Å². The Kier molecular flexibility index (Phi) is 7.36. The van der Waals surface area contributed by atoms with Crippen LogP contribution in [-0.2, 0) is 9.47 Å². The Labute approximate surface area is 171 Å². The summed E-state index contributed by atoms with van der Waals surface area (Å²) in [6, 6.07) is 8.15. The monoisotopic (exact) mass is 424 g/mol. The third kappa shape index (κ3) is 5.55. The highest BCUT2D eigenvalue weighted by atomic mass is 19.1. The molecule has 162 valence electrons. The molecule has 10 heteroatoms. The third-order valence-corrected chi connectivity index (χ3v) is 4.49. The molecule has 2 aromatic carbocycles. The molecule has 0 saturated carbocycles. The Hall–Kier alpha value is -2.98. The van der Waals surface area contributed by atoms with Gasteiger partial charge in [-0.15, -0.1) is 0 Å². The molecule has 2 N–H and O–H groups in total. The smallest absolute Gasteiger partial charge is 0.314 e. The zero-order valence-electron chi connectivity index (χ0n) is 16.1. The maximum absolute atomic E-state index is 13.4. The first kappa shape index (κ1) is 21.7. The quantitative estimate of drug-likeness (QED) is 0.445. The Bertz CT molecular complexity index is 850. The van der Waals surface area contributed by atoms with Crippen LogP contribution in [0.15, 0.2) is 36.4 Å². The molecule has 2 fully saturated rings. The number of nitrogens with two attached hydrogens (primary N) is 1. The number of nitrogens with zero attached hydrogens (tertiary/aromatic N) is 1. The van der Waals surface area contributed by atoms with Crippen LogP contribution in [0, 0.1) is 21.7 Å². The summed E-state index contributed by atoms with van der Waals surface area (Å²) in [6.07, 6.45) is 1.02. The third-order valence-electron chi connectivity index (χ3n) is 4.49. The van der Waals surface area contributed by atoms with E-state index in [-0.39, 0.29) is 29.4 Å². The molecule has 2 aliphatic rings. The number of nitro groups is 1. The van der Waals surface area contributed by atoms with Crippen molar-refractivity contribution < 1.29 is 32.7 Å². The lowest BCUT2D eigenvalue weighted by Crippen LogP contribution is -2.17. The molecule has 0 amide bonds. The Morgan fingerprint density at radius 1 is 0.933 bits per heavy atom. The molecule has 0 spiro atoms. The highest BCUT2D eigenvalue weighted by Gasteiger charge is 2.25. The highest BCUT2D eigenvalue weighted by molar-refractivity contribution is 5.53. The maximum Gasteiger partial charge on any atom is 0.314 e. The van der Waals surface area contributed by atoms with E-state index in [9.17, 15) is 18.9 Å². The first-order valence-corrected chi connectivity index (χ1v) is 9.41. The summed E-state index contributed by atoms with van der Waals surface area (Å²) in [4.78, 5) is 10.0. The van der Waals surface area contributed by atoms with Crippen LogP contribution in [0.25, 0.3) is 0 Å². The normalized spacial score (nSPS) is 20.3. The number of benzene rings is 2. The Morgan fingerprint density at radius 2 is 1.47 bits per heavy atom. The van der Waals surface area contributed by atoms with Crippen LogP contribution < -0.4 is 15.2 Å². The minimum absolute atomic E-state index is 0.0748. The van der Waals surface area contributed by atoms with E-state index in [2.05, 4.69) is 0 Å². The van der Waals surface area contributed by atoms with Gasteiger partial charge in [-0.3, -0.25) is 10.1 Å². The summed E-state index contributed by atoms with van der Waals surface area (Å²) < 4.78 is 47.5. The van der Waals surface area contributed by atoms with E-state index in [0.717, 1.165) is 12.5 Å². The minimum Gasteiger partial charge on any atom is -0.483 e. The molecular weight excluding hydrogens is 402 g/mol. The van der Waals surface area contributed by atoms with Crippen LogP contribution in [0.3, 0.4) is 0 Å². The zero-order valence-corrected chi connectivity index (χ0v) is 16.1. The molecule has 4 rings (SSSR count). The van der Waals surface area contributed by atoms with Gasteiger partial charge in [0.25, 0.3) is 0 Å². The molecule has 2 saturated heterocycles. The lowest BCUT2D eigenvalue weighted by atomic mass is 10.2. The van der Waals surface area contributed by atoms with Gasteiger partial charge in [0.05, 0.1) is 37.0 Å². The number of hydrogen-bond acceptors (Lipinski definition) is 7. The second kappa shape index (κ2) is 10.2. The summed E-state index contributed by atoms with van der Waals surface area (Å²) in [5, 5.41) is 10.7. The van der Waals surface area contributed by atoms with E-state index in [0.29, 0.717) is 38.5 Å². The number of hydrogen-bond donors (Lipinski definition) is 1. The SMILES string of the molecule is Nc1cccc(F)c1OC1CCOC1.O=[N+]([O-])c1cccc(F)c1OC1CCOC1. The van der Waals surface area contributed by atoms with Crippen LogP contribution in [0.2, 0.25) is 0 Å². The lowest BCUT2D eigenvalue weighted by molar-refractivity contribution is -0.386. The molecule has 2 aromatic rings. The molecule has 2 heterocycles. The number of para-hydroxylation sites is 2. The summed E-state index contributed by atoms with van der Waals surface area (Å²) >= 11 is 0. The number of halogens is 2. The van der Waals surface area contributed by atoms with Crippen molar-refractivity contribution in [2.45, 2.75) is 25.0 Å². The van der Waals surface area contributed by atoms with Gasteiger partial charge >= 0.3 is 5.69 Å². The highest BCUT2D eigenvalue weighted by Crippen LogP contribution is 2.31. The van der Waals surface area contributed by atoms with Gasteiger partial charge in [0, 0.05) is 18.9 Å². The van der Waals surface area contributed by atoms with E-state index < -0.39 is 16.6 Å². The topological polar surface area (TPSA) is 106 Å². The van der Waals surface area contributed by atoms with E-state index in [1.54, 1.807) is 12.1 Å². The molecule has 0 bridgehead atoms. The van der Waals surface area contributed by atoms with Crippen molar-refractivity contribution >= 4 is 11.4 Å². The molecule has 8 nitrogen and oxygen atoms in total. The molecule has 0 radical (unpaired) electrons.